The van der Waals surface area contributed by atoms with E-state index in [1.807, 2.05) is 0 Å². The summed E-state index contributed by atoms with van der Waals surface area (Å²) in [6.07, 6.45) is 2.75. The molecule has 0 amide bonds. The first-order valence-electron chi connectivity index (χ1n) is 4.93. The van der Waals surface area contributed by atoms with E-state index in [0.717, 1.165) is 0 Å². The van der Waals surface area contributed by atoms with Gasteiger partial charge in [-0.15, -0.1) is 0 Å². The maximum Gasteiger partial charge on any atom is 0.268 e. The first-order valence-corrected chi connectivity index (χ1v) is 4.93. The van der Waals surface area contributed by atoms with Gasteiger partial charge in [0.2, 0.25) is 0 Å². The number of hydrogen-bond acceptors (Lipinski definition) is 5. The van der Waals surface area contributed by atoms with Gasteiger partial charge in [0.15, 0.2) is 0 Å². The number of ketones is 1. The lowest BCUT2D eigenvalue weighted by Gasteiger charge is -2.10. The summed E-state index contributed by atoms with van der Waals surface area (Å²) in [7, 11) is 2.97. The molecule has 5 nitrogen and oxygen atoms in total. The fraction of sp³-hybridized carbons (Fsp3) is 0.167. The van der Waals surface area contributed by atoms with Gasteiger partial charge in [-0.2, -0.15) is 0 Å². The second-order valence-electron chi connectivity index (χ2n) is 3.20. The zero-order valence-corrected chi connectivity index (χ0v) is 9.47. The molecule has 5 heteroatoms. The van der Waals surface area contributed by atoms with Crippen LogP contribution in [0.4, 0.5) is 0 Å². The average Bonchev–Trinajstić information content (AvgIpc) is 2.90. The summed E-state index contributed by atoms with van der Waals surface area (Å²) in [4.78, 5) is 16.0. The minimum Gasteiger partial charge on any atom is -0.496 e. The molecule has 0 aliphatic heterocycles. The van der Waals surface area contributed by atoms with Crippen LogP contribution in [0.2, 0.25) is 0 Å². The van der Waals surface area contributed by atoms with Crippen molar-refractivity contribution < 1.29 is 18.7 Å². The van der Waals surface area contributed by atoms with Crippen molar-refractivity contribution in [2.24, 2.45) is 0 Å². The predicted molar refractivity (Wildman–Crippen MR) is 59.5 cm³/mol. The zero-order chi connectivity index (χ0) is 12.3. The molecule has 0 atom stereocenters. The van der Waals surface area contributed by atoms with E-state index < -0.39 is 0 Å². The smallest absolute Gasteiger partial charge is 0.268 e. The molecule has 0 saturated heterocycles. The van der Waals surface area contributed by atoms with Gasteiger partial charge in [0.05, 0.1) is 20.4 Å². The molecule has 0 bridgehead atoms. The summed E-state index contributed by atoms with van der Waals surface area (Å²) in [6, 6.07) is 5.10. The summed E-state index contributed by atoms with van der Waals surface area (Å²) in [5.41, 5.74) is 0.306. The summed E-state index contributed by atoms with van der Waals surface area (Å²) < 4.78 is 15.3. The molecule has 1 heterocycles. The zero-order valence-electron chi connectivity index (χ0n) is 9.47. The van der Waals surface area contributed by atoms with E-state index >= 15 is 0 Å². The van der Waals surface area contributed by atoms with Crippen molar-refractivity contribution in [1.82, 2.24) is 4.98 Å². The van der Waals surface area contributed by atoms with Crippen LogP contribution in [-0.2, 0) is 0 Å². The van der Waals surface area contributed by atoms with E-state index in [-0.39, 0.29) is 11.7 Å². The van der Waals surface area contributed by atoms with Crippen LogP contribution in [0.25, 0.3) is 0 Å². The Morgan fingerprint density at radius 2 is 1.88 bits per heavy atom. The average molecular weight is 233 g/mol. The highest BCUT2D eigenvalue weighted by atomic mass is 16.5. The number of rotatable bonds is 4. The van der Waals surface area contributed by atoms with E-state index in [2.05, 4.69) is 4.98 Å². The number of nitrogens with zero attached hydrogens (tertiary/aromatic N) is 1. The number of aromatic nitrogens is 1. The van der Waals surface area contributed by atoms with Crippen molar-refractivity contribution in [2.75, 3.05) is 14.2 Å². The van der Waals surface area contributed by atoms with Crippen molar-refractivity contribution in [1.29, 1.82) is 0 Å². The molecule has 2 aromatic rings. The Morgan fingerprint density at radius 1 is 1.24 bits per heavy atom. The van der Waals surface area contributed by atoms with Gasteiger partial charge in [0.25, 0.3) is 11.7 Å². The Bertz CT molecular complexity index is 497. The maximum absolute atomic E-state index is 12.2. The highest BCUT2D eigenvalue weighted by Crippen LogP contribution is 2.30. The molecule has 88 valence electrons. The van der Waals surface area contributed by atoms with Crippen LogP contribution in [0.15, 0.2) is 35.1 Å². The monoisotopic (exact) mass is 233 g/mol. The van der Waals surface area contributed by atoms with Crippen LogP contribution in [0.1, 0.15) is 16.2 Å². The van der Waals surface area contributed by atoms with Gasteiger partial charge in [0, 0.05) is 0 Å². The van der Waals surface area contributed by atoms with E-state index in [9.17, 15) is 4.79 Å². The number of carbonyl (C=O) groups excluding carboxylic acids is 1. The van der Waals surface area contributed by atoms with Crippen LogP contribution < -0.4 is 9.47 Å². The summed E-state index contributed by atoms with van der Waals surface area (Å²) in [5.74, 6) is 0.484. The Morgan fingerprint density at radius 3 is 2.35 bits per heavy atom. The van der Waals surface area contributed by atoms with Crippen LogP contribution in [0.3, 0.4) is 0 Å². The van der Waals surface area contributed by atoms with Crippen molar-refractivity contribution in [3.8, 4) is 11.5 Å². The molecule has 0 unspecified atom stereocenters. The predicted octanol–water partition coefficient (Wildman–Crippen LogP) is 1.92. The Balaban J connectivity index is 2.53. The van der Waals surface area contributed by atoms with E-state index in [4.69, 9.17) is 13.9 Å². The number of hydrogen-bond donors (Lipinski definition) is 0. The van der Waals surface area contributed by atoms with Crippen molar-refractivity contribution in [2.45, 2.75) is 0 Å². The van der Waals surface area contributed by atoms with Gasteiger partial charge in [0.1, 0.15) is 23.3 Å². The molecule has 0 N–H and O–H groups in total. The van der Waals surface area contributed by atoms with Gasteiger partial charge >= 0.3 is 0 Å². The van der Waals surface area contributed by atoms with Gasteiger partial charge in [-0.1, -0.05) is 6.07 Å². The van der Waals surface area contributed by atoms with Gasteiger partial charge in [-0.3, -0.25) is 4.79 Å². The SMILES string of the molecule is COc1cccc(OC)c1C(=O)c1ncco1. The second-order valence-corrected chi connectivity index (χ2v) is 3.20. The molecule has 0 saturated carbocycles. The maximum atomic E-state index is 12.2. The van der Waals surface area contributed by atoms with Crippen LogP contribution in [-0.4, -0.2) is 25.0 Å². The number of ether oxygens (including phenoxy) is 2. The molecule has 0 aliphatic rings. The van der Waals surface area contributed by atoms with Crippen LogP contribution in [0.5, 0.6) is 11.5 Å². The van der Waals surface area contributed by atoms with Crippen molar-refractivity contribution >= 4 is 5.78 Å². The Labute approximate surface area is 98.0 Å². The number of oxazole rings is 1. The minimum atomic E-state index is -0.371. The number of methoxy groups -OCH3 is 2. The molecule has 0 aliphatic carbocycles. The molecule has 17 heavy (non-hydrogen) atoms. The minimum absolute atomic E-state index is 0.00722. The molecule has 1 aromatic heterocycles. The molecule has 0 fully saturated rings. The van der Waals surface area contributed by atoms with Gasteiger partial charge < -0.3 is 13.9 Å². The van der Waals surface area contributed by atoms with E-state index in [0.29, 0.717) is 17.1 Å². The fourth-order valence-electron chi connectivity index (χ4n) is 1.52. The molecular formula is C12H11NO4. The number of benzene rings is 1. The third-order valence-corrected chi connectivity index (χ3v) is 2.28. The first kappa shape index (κ1) is 11.2. The topological polar surface area (TPSA) is 61.6 Å². The summed E-state index contributed by atoms with van der Waals surface area (Å²) >= 11 is 0. The third kappa shape index (κ3) is 1.99. The lowest BCUT2D eigenvalue weighted by atomic mass is 10.1. The highest BCUT2D eigenvalue weighted by molar-refractivity contribution is 6.09. The quantitative estimate of drug-likeness (QED) is 0.755. The lowest BCUT2D eigenvalue weighted by Crippen LogP contribution is -2.06. The van der Waals surface area contributed by atoms with Crippen molar-refractivity contribution in [3.05, 3.63) is 42.1 Å². The highest BCUT2D eigenvalue weighted by Gasteiger charge is 2.22. The Kier molecular flexibility index (Phi) is 3.09. The standard InChI is InChI=1S/C12H11NO4/c1-15-8-4-3-5-9(16-2)10(8)11(14)12-13-6-7-17-12/h3-7H,1-2H3. The van der Waals surface area contributed by atoms with E-state index in [1.54, 1.807) is 18.2 Å². The summed E-state index contributed by atoms with van der Waals surface area (Å²) in [6.45, 7) is 0. The summed E-state index contributed by atoms with van der Waals surface area (Å²) in [5, 5.41) is 0. The number of carbonyl (C=O) groups is 1. The van der Waals surface area contributed by atoms with Crippen molar-refractivity contribution in [3.63, 3.8) is 0 Å². The van der Waals surface area contributed by atoms with E-state index in [1.165, 1.54) is 26.7 Å². The molecule has 1 aromatic carbocycles. The largest absolute Gasteiger partial charge is 0.496 e. The molecular weight excluding hydrogens is 222 g/mol. The molecule has 0 radical (unpaired) electrons. The molecule has 2 rings (SSSR count). The fourth-order valence-corrected chi connectivity index (χ4v) is 1.52. The second kappa shape index (κ2) is 4.69. The van der Waals surface area contributed by atoms with Crippen LogP contribution >= 0.6 is 0 Å². The van der Waals surface area contributed by atoms with Crippen LogP contribution in [0, 0.1) is 0 Å². The lowest BCUT2D eigenvalue weighted by molar-refractivity contribution is 0.0996. The normalized spacial score (nSPS) is 10.0. The Hall–Kier alpha value is -2.30. The first-order chi connectivity index (χ1) is 8.27. The van der Waals surface area contributed by atoms with Gasteiger partial charge in [-0.05, 0) is 12.1 Å². The third-order valence-electron chi connectivity index (χ3n) is 2.28. The van der Waals surface area contributed by atoms with Gasteiger partial charge in [-0.25, -0.2) is 4.98 Å². The molecule has 0 spiro atoms.